The molecule has 31 heavy (non-hydrogen) atoms. The minimum absolute atomic E-state index is 0.0298. The summed E-state index contributed by atoms with van der Waals surface area (Å²) in [6, 6.07) is 17.5. The molecule has 0 bridgehead atoms. The zero-order valence-corrected chi connectivity index (χ0v) is 19.2. The van der Waals surface area contributed by atoms with E-state index in [0.717, 1.165) is 42.7 Å². The van der Waals surface area contributed by atoms with Crippen molar-refractivity contribution in [2.45, 2.75) is 57.0 Å². The normalized spacial score (nSPS) is 14.8. The fourth-order valence-corrected chi connectivity index (χ4v) is 4.73. The SMILES string of the molecule is COc1cccc(CN(C(=O)CSCc2ccccc2)[C@H](C)C(=O)NC2CCCC2)c1. The van der Waals surface area contributed by atoms with Gasteiger partial charge in [0.1, 0.15) is 11.8 Å². The van der Waals surface area contributed by atoms with Crippen molar-refractivity contribution in [2.75, 3.05) is 12.9 Å². The number of amides is 2. The molecule has 0 unspecified atom stereocenters. The fraction of sp³-hybridized carbons (Fsp3) is 0.440. The molecule has 0 saturated heterocycles. The summed E-state index contributed by atoms with van der Waals surface area (Å²) < 4.78 is 5.32. The van der Waals surface area contributed by atoms with E-state index in [0.29, 0.717) is 12.3 Å². The van der Waals surface area contributed by atoms with E-state index >= 15 is 0 Å². The lowest BCUT2D eigenvalue weighted by Gasteiger charge is -2.29. The highest BCUT2D eigenvalue weighted by atomic mass is 32.2. The summed E-state index contributed by atoms with van der Waals surface area (Å²) in [4.78, 5) is 27.8. The van der Waals surface area contributed by atoms with Crippen LogP contribution in [0.4, 0.5) is 0 Å². The molecule has 0 aromatic heterocycles. The standard InChI is InChI=1S/C25H32N2O3S/c1-19(25(29)26-22-12-6-7-13-22)27(16-21-11-8-14-23(15-21)30-2)24(28)18-31-17-20-9-4-3-5-10-20/h3-5,8-11,14-15,19,22H,6-7,12-13,16-18H2,1-2H3,(H,26,29)/t19-/m1/s1. The Morgan fingerprint density at radius 2 is 1.81 bits per heavy atom. The molecule has 0 spiro atoms. The molecule has 1 fully saturated rings. The quantitative estimate of drug-likeness (QED) is 0.595. The maximum atomic E-state index is 13.2. The summed E-state index contributed by atoms with van der Waals surface area (Å²) in [5.74, 6) is 1.74. The van der Waals surface area contributed by atoms with Crippen LogP contribution in [0.2, 0.25) is 0 Å². The van der Waals surface area contributed by atoms with E-state index in [1.807, 2.05) is 49.4 Å². The van der Waals surface area contributed by atoms with Crippen LogP contribution in [0.25, 0.3) is 0 Å². The molecule has 2 aromatic rings. The summed E-state index contributed by atoms with van der Waals surface area (Å²) in [5.41, 5.74) is 2.13. The first kappa shape index (κ1) is 23.2. The van der Waals surface area contributed by atoms with Crippen molar-refractivity contribution in [3.63, 3.8) is 0 Å². The van der Waals surface area contributed by atoms with Crippen molar-refractivity contribution in [1.29, 1.82) is 0 Å². The summed E-state index contributed by atoms with van der Waals surface area (Å²) in [6.07, 6.45) is 4.36. The smallest absolute Gasteiger partial charge is 0.242 e. The van der Waals surface area contributed by atoms with Gasteiger partial charge in [-0.1, -0.05) is 55.3 Å². The Kier molecular flexibility index (Phi) is 8.83. The molecule has 1 aliphatic carbocycles. The minimum Gasteiger partial charge on any atom is -0.497 e. The lowest BCUT2D eigenvalue weighted by atomic mass is 10.1. The number of methoxy groups -OCH3 is 1. The molecule has 6 heteroatoms. The Morgan fingerprint density at radius 3 is 2.52 bits per heavy atom. The lowest BCUT2D eigenvalue weighted by Crippen LogP contribution is -2.50. The molecule has 166 valence electrons. The minimum atomic E-state index is -0.531. The van der Waals surface area contributed by atoms with E-state index in [1.165, 1.54) is 5.56 Å². The van der Waals surface area contributed by atoms with Gasteiger partial charge < -0.3 is 15.0 Å². The molecular formula is C25H32N2O3S. The van der Waals surface area contributed by atoms with Crippen LogP contribution in [0.5, 0.6) is 5.75 Å². The van der Waals surface area contributed by atoms with Crippen molar-refractivity contribution in [3.05, 3.63) is 65.7 Å². The molecule has 3 rings (SSSR count). The summed E-state index contributed by atoms with van der Waals surface area (Å²) in [6.45, 7) is 2.20. The Hall–Kier alpha value is -2.47. The van der Waals surface area contributed by atoms with Gasteiger partial charge >= 0.3 is 0 Å². The molecule has 1 aliphatic rings. The van der Waals surface area contributed by atoms with E-state index in [1.54, 1.807) is 23.8 Å². The third-order valence-corrected chi connectivity index (χ3v) is 6.68. The van der Waals surface area contributed by atoms with Gasteiger partial charge in [0, 0.05) is 18.3 Å². The molecule has 0 aliphatic heterocycles. The van der Waals surface area contributed by atoms with Crippen molar-refractivity contribution in [1.82, 2.24) is 10.2 Å². The largest absolute Gasteiger partial charge is 0.497 e. The molecule has 2 aromatic carbocycles. The van der Waals surface area contributed by atoms with Crippen LogP contribution in [-0.2, 0) is 21.9 Å². The average molecular weight is 441 g/mol. The van der Waals surface area contributed by atoms with Crippen molar-refractivity contribution in [3.8, 4) is 5.75 Å². The Morgan fingerprint density at radius 1 is 1.10 bits per heavy atom. The highest BCUT2D eigenvalue weighted by molar-refractivity contribution is 7.99. The van der Waals surface area contributed by atoms with Crippen molar-refractivity contribution >= 4 is 23.6 Å². The second-order valence-electron chi connectivity index (χ2n) is 8.02. The zero-order chi connectivity index (χ0) is 22.1. The number of hydrogen-bond acceptors (Lipinski definition) is 4. The Bertz CT molecular complexity index is 853. The van der Waals surface area contributed by atoms with Gasteiger partial charge in [-0.3, -0.25) is 9.59 Å². The first-order valence-corrected chi connectivity index (χ1v) is 12.1. The number of thioether (sulfide) groups is 1. The number of carbonyl (C=O) groups excluding carboxylic acids is 2. The summed E-state index contributed by atoms with van der Waals surface area (Å²) >= 11 is 1.58. The van der Waals surface area contributed by atoms with E-state index in [2.05, 4.69) is 17.4 Å². The summed E-state index contributed by atoms with van der Waals surface area (Å²) in [7, 11) is 1.62. The number of hydrogen-bond donors (Lipinski definition) is 1. The molecule has 0 radical (unpaired) electrons. The van der Waals surface area contributed by atoms with Gasteiger partial charge in [0.15, 0.2) is 0 Å². The predicted octanol–water partition coefficient (Wildman–Crippen LogP) is 4.40. The van der Waals surface area contributed by atoms with E-state index in [9.17, 15) is 9.59 Å². The topological polar surface area (TPSA) is 58.6 Å². The first-order valence-electron chi connectivity index (χ1n) is 10.9. The number of rotatable bonds is 10. The second-order valence-corrected chi connectivity index (χ2v) is 9.00. The van der Waals surface area contributed by atoms with Gasteiger partial charge in [-0.25, -0.2) is 0 Å². The maximum Gasteiger partial charge on any atom is 0.242 e. The third kappa shape index (κ3) is 7.03. The van der Waals surface area contributed by atoms with Gasteiger partial charge in [-0.05, 0) is 43.0 Å². The van der Waals surface area contributed by atoms with E-state index in [-0.39, 0.29) is 17.9 Å². The number of nitrogens with one attached hydrogen (secondary N) is 1. The third-order valence-electron chi connectivity index (χ3n) is 5.69. The van der Waals surface area contributed by atoms with Crippen LogP contribution < -0.4 is 10.1 Å². The molecule has 1 saturated carbocycles. The lowest BCUT2D eigenvalue weighted by molar-refractivity contribution is -0.138. The van der Waals surface area contributed by atoms with Gasteiger partial charge in [-0.15, -0.1) is 11.8 Å². The fourth-order valence-electron chi connectivity index (χ4n) is 3.86. The monoisotopic (exact) mass is 440 g/mol. The highest BCUT2D eigenvalue weighted by Gasteiger charge is 2.28. The van der Waals surface area contributed by atoms with E-state index in [4.69, 9.17) is 4.74 Å². The molecule has 1 N–H and O–H groups in total. The second kappa shape index (κ2) is 11.8. The van der Waals surface area contributed by atoms with Crippen LogP contribution in [0, 0.1) is 0 Å². The zero-order valence-electron chi connectivity index (χ0n) is 18.4. The van der Waals surface area contributed by atoms with Crippen LogP contribution in [-0.4, -0.2) is 41.7 Å². The van der Waals surface area contributed by atoms with Crippen LogP contribution in [0.3, 0.4) is 0 Å². The number of nitrogens with zero attached hydrogens (tertiary/aromatic N) is 1. The number of ether oxygens (including phenoxy) is 1. The maximum absolute atomic E-state index is 13.2. The average Bonchev–Trinajstić information content (AvgIpc) is 3.30. The highest BCUT2D eigenvalue weighted by Crippen LogP contribution is 2.20. The van der Waals surface area contributed by atoms with Crippen molar-refractivity contribution < 1.29 is 14.3 Å². The Labute approximate surface area is 189 Å². The molecule has 1 atom stereocenters. The van der Waals surface area contributed by atoms with Gasteiger partial charge in [0.2, 0.25) is 11.8 Å². The molecular weight excluding hydrogens is 408 g/mol. The van der Waals surface area contributed by atoms with Crippen molar-refractivity contribution in [2.24, 2.45) is 0 Å². The molecule has 2 amide bonds. The summed E-state index contributed by atoms with van der Waals surface area (Å²) in [5, 5.41) is 3.14. The van der Waals surface area contributed by atoms with Crippen LogP contribution >= 0.6 is 11.8 Å². The first-order chi connectivity index (χ1) is 15.1. The number of carbonyl (C=O) groups is 2. The Balaban J connectivity index is 1.67. The molecule has 5 nitrogen and oxygen atoms in total. The molecule has 0 heterocycles. The van der Waals surface area contributed by atoms with E-state index < -0.39 is 6.04 Å². The van der Waals surface area contributed by atoms with Gasteiger partial charge in [-0.2, -0.15) is 0 Å². The van der Waals surface area contributed by atoms with Crippen LogP contribution in [0.15, 0.2) is 54.6 Å². The van der Waals surface area contributed by atoms with Gasteiger partial charge in [0.05, 0.1) is 12.9 Å². The predicted molar refractivity (Wildman–Crippen MR) is 126 cm³/mol. The van der Waals surface area contributed by atoms with Gasteiger partial charge in [0.25, 0.3) is 0 Å². The number of benzene rings is 2. The van der Waals surface area contributed by atoms with Crippen LogP contribution in [0.1, 0.15) is 43.7 Å².